The Hall–Kier alpha value is -1.32. The number of hydrogen-bond donors (Lipinski definition) is 2. The second kappa shape index (κ2) is 9.59. The summed E-state index contributed by atoms with van der Waals surface area (Å²) in [4.78, 5) is 16.4. The molecule has 0 bridgehead atoms. The maximum atomic E-state index is 10.5. The maximum Gasteiger partial charge on any atom is 0.274 e. The van der Waals surface area contributed by atoms with Crippen LogP contribution in [0.1, 0.15) is 14.8 Å². The van der Waals surface area contributed by atoms with Crippen LogP contribution in [0.3, 0.4) is 0 Å². The standard InChI is InChI=1S/C12H21N5O2S2/c1-13-11(6-17(18)19)14-4-5-20-8-10-9-21-12(15-10)7-16(2)3/h6,9,13-14H,4-5,7-8H2,1-3H3/i1D3. The van der Waals surface area contributed by atoms with Crippen molar-refractivity contribution >= 4 is 23.1 Å². The summed E-state index contributed by atoms with van der Waals surface area (Å²) in [7, 11) is 3.98. The second-order valence-corrected chi connectivity index (χ2v) is 6.45. The molecule has 21 heavy (non-hydrogen) atoms. The first-order chi connectivity index (χ1) is 11.2. The Labute approximate surface area is 137 Å². The number of nitro groups is 1. The van der Waals surface area contributed by atoms with Crippen LogP contribution in [0, 0.1) is 10.1 Å². The molecule has 0 aliphatic rings. The second-order valence-electron chi connectivity index (χ2n) is 4.40. The first-order valence-electron chi connectivity index (χ1n) is 7.69. The van der Waals surface area contributed by atoms with Crippen LogP contribution < -0.4 is 10.6 Å². The van der Waals surface area contributed by atoms with E-state index < -0.39 is 11.9 Å². The van der Waals surface area contributed by atoms with E-state index in [1.54, 1.807) is 23.1 Å². The van der Waals surface area contributed by atoms with Crippen molar-refractivity contribution in [1.29, 1.82) is 0 Å². The fraction of sp³-hybridized carbons (Fsp3) is 0.583. The number of aromatic nitrogens is 1. The van der Waals surface area contributed by atoms with Crippen LogP contribution in [-0.4, -0.2) is 48.2 Å². The van der Waals surface area contributed by atoms with Gasteiger partial charge in [0.1, 0.15) is 5.01 Å². The summed E-state index contributed by atoms with van der Waals surface area (Å²) in [6.45, 7) is -1.26. The molecule has 0 aromatic carbocycles. The Kier molecular flexibility index (Phi) is 6.09. The lowest BCUT2D eigenvalue weighted by Crippen LogP contribution is -2.26. The Bertz CT molecular complexity index is 563. The fourth-order valence-electron chi connectivity index (χ4n) is 1.42. The normalized spacial score (nSPS) is 14.4. The third-order valence-electron chi connectivity index (χ3n) is 2.23. The van der Waals surface area contributed by atoms with Gasteiger partial charge in [0.05, 0.1) is 10.6 Å². The zero-order valence-electron chi connectivity index (χ0n) is 15.0. The highest BCUT2D eigenvalue weighted by molar-refractivity contribution is 7.98. The number of nitrogens with one attached hydrogen (secondary N) is 2. The third-order valence-corrected chi connectivity index (χ3v) is 4.11. The van der Waals surface area contributed by atoms with Gasteiger partial charge < -0.3 is 15.5 Å². The molecule has 1 heterocycles. The lowest BCUT2D eigenvalue weighted by molar-refractivity contribution is -0.404. The fourth-order valence-corrected chi connectivity index (χ4v) is 3.18. The molecule has 0 spiro atoms. The van der Waals surface area contributed by atoms with E-state index in [0.29, 0.717) is 18.5 Å². The molecule has 9 heteroatoms. The van der Waals surface area contributed by atoms with Crippen molar-refractivity contribution in [2.45, 2.75) is 12.3 Å². The quantitative estimate of drug-likeness (QED) is 0.379. The molecule has 0 fully saturated rings. The summed E-state index contributed by atoms with van der Waals surface area (Å²) >= 11 is 3.24. The molecule has 0 atom stereocenters. The van der Waals surface area contributed by atoms with Gasteiger partial charge in [0.25, 0.3) is 6.20 Å². The molecular weight excluding hydrogens is 310 g/mol. The largest absolute Gasteiger partial charge is 0.370 e. The Balaban J connectivity index is 2.33. The molecule has 0 amide bonds. The monoisotopic (exact) mass is 334 g/mol. The van der Waals surface area contributed by atoms with E-state index in [2.05, 4.69) is 20.5 Å². The van der Waals surface area contributed by atoms with E-state index >= 15 is 0 Å². The Morgan fingerprint density at radius 3 is 3.19 bits per heavy atom. The number of hydrogen-bond acceptors (Lipinski definition) is 8. The van der Waals surface area contributed by atoms with Gasteiger partial charge in [-0.25, -0.2) is 4.98 Å². The summed E-state index contributed by atoms with van der Waals surface area (Å²) in [5.74, 6) is 1.28. The molecule has 1 aromatic rings. The van der Waals surface area contributed by atoms with E-state index in [-0.39, 0.29) is 5.82 Å². The van der Waals surface area contributed by atoms with Gasteiger partial charge in [0, 0.05) is 41.1 Å². The minimum absolute atomic E-state index is 0.123. The van der Waals surface area contributed by atoms with Crippen LogP contribution >= 0.6 is 23.1 Å². The molecule has 1 aromatic heterocycles. The van der Waals surface area contributed by atoms with Crippen molar-refractivity contribution in [2.24, 2.45) is 0 Å². The predicted molar refractivity (Wildman–Crippen MR) is 87.8 cm³/mol. The lowest BCUT2D eigenvalue weighted by atomic mass is 10.5. The Morgan fingerprint density at radius 1 is 1.71 bits per heavy atom. The maximum absolute atomic E-state index is 10.5. The van der Waals surface area contributed by atoms with E-state index in [9.17, 15) is 10.1 Å². The number of thiazole rings is 1. The van der Waals surface area contributed by atoms with Gasteiger partial charge in [-0.2, -0.15) is 11.8 Å². The first kappa shape index (κ1) is 13.4. The topological polar surface area (TPSA) is 83.3 Å². The van der Waals surface area contributed by atoms with Gasteiger partial charge in [-0.05, 0) is 14.1 Å². The zero-order valence-corrected chi connectivity index (χ0v) is 13.6. The minimum atomic E-state index is -2.48. The van der Waals surface area contributed by atoms with Crippen molar-refractivity contribution in [3.8, 4) is 0 Å². The first-order valence-corrected chi connectivity index (χ1v) is 8.22. The van der Waals surface area contributed by atoms with E-state index in [1.165, 1.54) is 0 Å². The van der Waals surface area contributed by atoms with Gasteiger partial charge in [0.15, 0.2) is 5.82 Å². The SMILES string of the molecule is [2H]C([2H])([2H])NC(=C[N+](=O)[O-])NCCSCc1csc(CN(C)C)n1. The van der Waals surface area contributed by atoms with Gasteiger partial charge >= 0.3 is 0 Å². The third kappa shape index (κ3) is 7.88. The summed E-state index contributed by atoms with van der Waals surface area (Å²) in [5.41, 5.74) is 1.00. The molecule has 1 rings (SSSR count). The van der Waals surface area contributed by atoms with Crippen LogP contribution in [0.2, 0.25) is 0 Å². The van der Waals surface area contributed by atoms with Crippen molar-refractivity contribution in [3.05, 3.63) is 38.2 Å². The van der Waals surface area contributed by atoms with Gasteiger partial charge in [-0.3, -0.25) is 10.1 Å². The average molecular weight is 334 g/mol. The highest BCUT2D eigenvalue weighted by Gasteiger charge is 2.04. The smallest absolute Gasteiger partial charge is 0.274 e. The summed E-state index contributed by atoms with van der Waals surface area (Å²) in [6.07, 6.45) is 0.616. The molecule has 0 saturated carbocycles. The number of rotatable bonds is 10. The van der Waals surface area contributed by atoms with Crippen molar-refractivity contribution < 1.29 is 9.04 Å². The molecule has 0 saturated heterocycles. The van der Waals surface area contributed by atoms with Crippen LogP contribution in [-0.2, 0) is 12.3 Å². The predicted octanol–water partition coefficient (Wildman–Crippen LogP) is 1.32. The van der Waals surface area contributed by atoms with E-state index in [4.69, 9.17) is 4.11 Å². The van der Waals surface area contributed by atoms with Crippen LogP contribution in [0.5, 0.6) is 0 Å². The van der Waals surface area contributed by atoms with E-state index in [0.717, 1.165) is 23.0 Å². The summed E-state index contributed by atoms with van der Waals surface area (Å²) < 4.78 is 21.3. The van der Waals surface area contributed by atoms with Crippen LogP contribution in [0.4, 0.5) is 0 Å². The minimum Gasteiger partial charge on any atom is -0.370 e. The molecule has 0 unspecified atom stereocenters. The Morgan fingerprint density at radius 2 is 2.52 bits per heavy atom. The molecule has 118 valence electrons. The molecule has 7 nitrogen and oxygen atoms in total. The van der Waals surface area contributed by atoms with Gasteiger partial charge in [-0.1, -0.05) is 0 Å². The number of nitrogens with zero attached hydrogens (tertiary/aromatic N) is 3. The molecule has 0 aliphatic heterocycles. The van der Waals surface area contributed by atoms with Crippen molar-refractivity contribution in [2.75, 3.05) is 33.4 Å². The van der Waals surface area contributed by atoms with Crippen molar-refractivity contribution in [1.82, 2.24) is 20.5 Å². The highest BCUT2D eigenvalue weighted by Crippen LogP contribution is 2.16. The van der Waals surface area contributed by atoms with Crippen LogP contribution in [0.25, 0.3) is 0 Å². The molecule has 0 aliphatic carbocycles. The summed E-state index contributed by atoms with van der Waals surface area (Å²) in [5, 5.41) is 18.4. The van der Waals surface area contributed by atoms with E-state index in [1.807, 2.05) is 19.5 Å². The molecule has 0 radical (unpaired) electrons. The number of thioether (sulfide) groups is 1. The van der Waals surface area contributed by atoms with Gasteiger partial charge in [-0.15, -0.1) is 11.3 Å². The molecule has 2 N–H and O–H groups in total. The molecular formula is C12H21N5O2S2. The summed E-state index contributed by atoms with van der Waals surface area (Å²) in [6, 6.07) is 0. The highest BCUT2D eigenvalue weighted by atomic mass is 32.2. The van der Waals surface area contributed by atoms with Crippen molar-refractivity contribution in [3.63, 3.8) is 0 Å². The van der Waals surface area contributed by atoms with Gasteiger partial charge in [0.2, 0.25) is 0 Å². The lowest BCUT2D eigenvalue weighted by Gasteiger charge is -2.07. The van der Waals surface area contributed by atoms with Crippen LogP contribution in [0.15, 0.2) is 17.4 Å². The zero-order chi connectivity index (χ0) is 18.2. The average Bonchev–Trinajstić information content (AvgIpc) is 2.82.